The number of hydrogen-bond donors (Lipinski definition) is 1. The van der Waals surface area contributed by atoms with E-state index in [0.29, 0.717) is 5.92 Å². The summed E-state index contributed by atoms with van der Waals surface area (Å²) in [5.41, 5.74) is 1.41. The molecule has 1 aromatic heterocycles. The fourth-order valence-electron chi connectivity index (χ4n) is 3.57. The molecular weight excluding hydrogens is 246 g/mol. The zero-order valence-electron chi connectivity index (χ0n) is 13.6. The van der Waals surface area contributed by atoms with Crippen LogP contribution in [0.1, 0.15) is 58.4 Å². The Bertz CT molecular complexity index is 367. The molecule has 0 aromatic carbocycles. The van der Waals surface area contributed by atoms with Crippen LogP contribution in [0, 0.1) is 23.7 Å². The maximum Gasteiger partial charge on any atom is 0.0937 e. The van der Waals surface area contributed by atoms with Crippen molar-refractivity contribution in [2.45, 2.75) is 52.9 Å². The molecule has 2 rings (SSSR count). The molecular formula is C18H31NO. The Morgan fingerprint density at radius 2 is 2.05 bits per heavy atom. The van der Waals surface area contributed by atoms with Crippen LogP contribution in [0.4, 0.5) is 0 Å². The molecule has 0 aliphatic heterocycles. The van der Waals surface area contributed by atoms with Gasteiger partial charge >= 0.3 is 0 Å². The number of rotatable bonds is 6. The lowest BCUT2D eigenvalue weighted by molar-refractivity contribution is 0.189. The second-order valence-corrected chi connectivity index (χ2v) is 7.29. The highest BCUT2D eigenvalue weighted by molar-refractivity contribution is 5.15. The van der Waals surface area contributed by atoms with Gasteiger partial charge in [-0.2, -0.15) is 0 Å². The van der Waals surface area contributed by atoms with Gasteiger partial charge in [-0.1, -0.05) is 27.7 Å². The number of furan rings is 1. The minimum Gasteiger partial charge on any atom is -0.472 e. The Balaban J connectivity index is 1.98. The summed E-state index contributed by atoms with van der Waals surface area (Å²) in [6.45, 7) is 11.6. The van der Waals surface area contributed by atoms with Gasteiger partial charge in [0.15, 0.2) is 0 Å². The molecule has 2 heteroatoms. The highest BCUT2D eigenvalue weighted by Gasteiger charge is 2.32. The van der Waals surface area contributed by atoms with Crippen molar-refractivity contribution in [3.8, 4) is 0 Å². The zero-order chi connectivity index (χ0) is 14.5. The number of nitrogens with one attached hydrogen (secondary N) is 1. The van der Waals surface area contributed by atoms with Crippen LogP contribution in [0.25, 0.3) is 0 Å². The monoisotopic (exact) mass is 277 g/mol. The van der Waals surface area contributed by atoms with E-state index in [1.165, 1.54) is 24.8 Å². The van der Waals surface area contributed by atoms with Crippen molar-refractivity contribution in [2.75, 3.05) is 13.1 Å². The third kappa shape index (κ3) is 4.12. The third-order valence-electron chi connectivity index (χ3n) is 4.91. The molecule has 1 aromatic rings. The van der Waals surface area contributed by atoms with Crippen LogP contribution < -0.4 is 5.32 Å². The summed E-state index contributed by atoms with van der Waals surface area (Å²) in [5, 5.41) is 3.66. The maximum atomic E-state index is 5.33. The summed E-state index contributed by atoms with van der Waals surface area (Å²) in [6, 6.07) is 2.17. The molecule has 20 heavy (non-hydrogen) atoms. The predicted molar refractivity (Wildman–Crippen MR) is 84.8 cm³/mol. The van der Waals surface area contributed by atoms with Crippen molar-refractivity contribution in [2.24, 2.45) is 23.7 Å². The quantitative estimate of drug-likeness (QED) is 0.816. The highest BCUT2D eigenvalue weighted by Crippen LogP contribution is 2.43. The first kappa shape index (κ1) is 15.6. The van der Waals surface area contributed by atoms with E-state index in [0.717, 1.165) is 36.8 Å². The van der Waals surface area contributed by atoms with Gasteiger partial charge in [0.05, 0.1) is 12.5 Å². The molecule has 1 heterocycles. The van der Waals surface area contributed by atoms with E-state index < -0.39 is 0 Å². The molecule has 1 aliphatic rings. The van der Waals surface area contributed by atoms with Gasteiger partial charge in [-0.05, 0) is 73.6 Å². The van der Waals surface area contributed by atoms with E-state index in [2.05, 4.69) is 39.1 Å². The topological polar surface area (TPSA) is 25.2 Å². The van der Waals surface area contributed by atoms with Gasteiger partial charge in [-0.15, -0.1) is 0 Å². The van der Waals surface area contributed by atoms with Crippen molar-refractivity contribution in [1.82, 2.24) is 5.32 Å². The molecule has 1 aliphatic carbocycles. The summed E-state index contributed by atoms with van der Waals surface area (Å²) in [5.74, 6) is 3.84. The Morgan fingerprint density at radius 3 is 2.65 bits per heavy atom. The van der Waals surface area contributed by atoms with Crippen LogP contribution in [0.5, 0.6) is 0 Å². The highest BCUT2D eigenvalue weighted by atomic mass is 16.3. The molecule has 2 nitrogen and oxygen atoms in total. The second-order valence-electron chi connectivity index (χ2n) is 7.29. The van der Waals surface area contributed by atoms with Gasteiger partial charge in [-0.3, -0.25) is 0 Å². The third-order valence-corrected chi connectivity index (χ3v) is 4.91. The molecule has 3 atom stereocenters. The fraction of sp³-hybridized carbons (Fsp3) is 0.778. The molecule has 1 N–H and O–H groups in total. The van der Waals surface area contributed by atoms with Gasteiger partial charge in [-0.25, -0.2) is 0 Å². The van der Waals surface area contributed by atoms with E-state index in [9.17, 15) is 0 Å². The Morgan fingerprint density at radius 1 is 1.25 bits per heavy atom. The van der Waals surface area contributed by atoms with Gasteiger partial charge in [0.25, 0.3) is 0 Å². The van der Waals surface area contributed by atoms with Crippen LogP contribution in [0.2, 0.25) is 0 Å². The average molecular weight is 277 g/mol. The lowest BCUT2D eigenvalue weighted by Crippen LogP contribution is -2.34. The maximum absolute atomic E-state index is 5.33. The first-order chi connectivity index (χ1) is 9.58. The van der Waals surface area contributed by atoms with Crippen LogP contribution in [-0.2, 0) is 0 Å². The van der Waals surface area contributed by atoms with Crippen LogP contribution >= 0.6 is 0 Å². The summed E-state index contributed by atoms with van der Waals surface area (Å²) >= 11 is 0. The van der Waals surface area contributed by atoms with Crippen LogP contribution in [0.15, 0.2) is 23.0 Å². The van der Waals surface area contributed by atoms with Crippen molar-refractivity contribution < 1.29 is 4.42 Å². The molecule has 0 bridgehead atoms. The lowest BCUT2D eigenvalue weighted by Gasteiger charge is -2.38. The van der Waals surface area contributed by atoms with E-state index in [-0.39, 0.29) is 0 Å². The molecule has 0 amide bonds. The fourth-order valence-corrected chi connectivity index (χ4v) is 3.57. The second kappa shape index (κ2) is 7.31. The van der Waals surface area contributed by atoms with Crippen molar-refractivity contribution in [3.05, 3.63) is 24.2 Å². The zero-order valence-corrected chi connectivity index (χ0v) is 13.6. The molecule has 1 saturated carbocycles. The van der Waals surface area contributed by atoms with Gasteiger partial charge in [0, 0.05) is 0 Å². The van der Waals surface area contributed by atoms with Gasteiger partial charge < -0.3 is 9.73 Å². The first-order valence-electron chi connectivity index (χ1n) is 8.30. The Labute approximate surface area is 124 Å². The SMILES string of the molecule is CC(C)CNCC1CCC(C(C)C)CC1c1ccoc1. The molecule has 3 unspecified atom stereocenters. The Hall–Kier alpha value is -0.760. The summed E-state index contributed by atoms with van der Waals surface area (Å²) in [4.78, 5) is 0. The summed E-state index contributed by atoms with van der Waals surface area (Å²) in [6.07, 6.45) is 7.85. The molecule has 0 saturated heterocycles. The van der Waals surface area contributed by atoms with E-state index in [1.807, 2.05) is 12.5 Å². The molecule has 1 fully saturated rings. The molecule has 114 valence electrons. The average Bonchev–Trinajstić information content (AvgIpc) is 2.92. The van der Waals surface area contributed by atoms with Gasteiger partial charge in [0.2, 0.25) is 0 Å². The summed E-state index contributed by atoms with van der Waals surface area (Å²) < 4.78 is 5.33. The Kier molecular flexibility index (Phi) is 5.71. The van der Waals surface area contributed by atoms with Crippen LogP contribution in [-0.4, -0.2) is 13.1 Å². The molecule has 0 spiro atoms. The lowest BCUT2D eigenvalue weighted by atomic mass is 9.68. The van der Waals surface area contributed by atoms with Crippen molar-refractivity contribution in [3.63, 3.8) is 0 Å². The smallest absolute Gasteiger partial charge is 0.0937 e. The minimum absolute atomic E-state index is 0.676. The van der Waals surface area contributed by atoms with Crippen LogP contribution in [0.3, 0.4) is 0 Å². The number of hydrogen-bond acceptors (Lipinski definition) is 2. The van der Waals surface area contributed by atoms with Crippen molar-refractivity contribution in [1.29, 1.82) is 0 Å². The normalized spacial score (nSPS) is 27.4. The first-order valence-corrected chi connectivity index (χ1v) is 8.30. The predicted octanol–water partition coefficient (Wildman–Crippen LogP) is 4.68. The molecule has 0 radical (unpaired) electrons. The van der Waals surface area contributed by atoms with Gasteiger partial charge in [0.1, 0.15) is 0 Å². The standard InChI is InChI=1S/C18H31NO/c1-13(2)10-19-11-16-6-5-15(14(3)4)9-18(16)17-7-8-20-12-17/h7-8,12-16,18-19H,5-6,9-11H2,1-4H3. The largest absolute Gasteiger partial charge is 0.472 e. The van der Waals surface area contributed by atoms with E-state index in [1.54, 1.807) is 0 Å². The minimum atomic E-state index is 0.676. The summed E-state index contributed by atoms with van der Waals surface area (Å²) in [7, 11) is 0. The van der Waals surface area contributed by atoms with Crippen molar-refractivity contribution >= 4 is 0 Å². The van der Waals surface area contributed by atoms with E-state index >= 15 is 0 Å². The van der Waals surface area contributed by atoms with E-state index in [4.69, 9.17) is 4.42 Å².